The van der Waals surface area contributed by atoms with Gasteiger partial charge >= 0.3 is 6.18 Å². The van der Waals surface area contributed by atoms with E-state index in [1.165, 1.54) is 12.1 Å². The lowest BCUT2D eigenvalue weighted by molar-refractivity contribution is -0.137. The third kappa shape index (κ3) is 2.96. The van der Waals surface area contributed by atoms with Gasteiger partial charge in [0.05, 0.1) is 11.7 Å². The van der Waals surface area contributed by atoms with Crippen LogP contribution in [0, 0.1) is 0 Å². The van der Waals surface area contributed by atoms with Crippen molar-refractivity contribution in [3.8, 4) is 0 Å². The molecule has 0 heterocycles. The highest BCUT2D eigenvalue weighted by Gasteiger charge is 2.30. The second kappa shape index (κ2) is 4.84. The molecule has 2 unspecified atom stereocenters. The average Bonchev–Trinajstić information content (AvgIpc) is 2.26. The SMILES string of the molecule is CC(c1ccc(C(F)(F)F)cc1)C(O)CN. The van der Waals surface area contributed by atoms with Crippen molar-refractivity contribution in [1.82, 2.24) is 0 Å². The summed E-state index contributed by atoms with van der Waals surface area (Å²) in [4.78, 5) is 0. The molecule has 0 aliphatic rings. The van der Waals surface area contributed by atoms with Crippen LogP contribution in [0.4, 0.5) is 13.2 Å². The van der Waals surface area contributed by atoms with E-state index in [1.807, 2.05) is 0 Å². The van der Waals surface area contributed by atoms with Gasteiger partial charge in [0, 0.05) is 12.5 Å². The molecule has 5 heteroatoms. The van der Waals surface area contributed by atoms with Crippen LogP contribution >= 0.6 is 0 Å². The number of nitrogens with two attached hydrogens (primary N) is 1. The average molecular weight is 233 g/mol. The Hall–Kier alpha value is -1.07. The van der Waals surface area contributed by atoms with E-state index in [2.05, 4.69) is 0 Å². The number of benzene rings is 1. The largest absolute Gasteiger partial charge is 0.416 e. The molecule has 0 saturated heterocycles. The second-order valence-electron chi connectivity index (χ2n) is 3.71. The molecule has 2 atom stereocenters. The lowest BCUT2D eigenvalue weighted by Gasteiger charge is -2.18. The Morgan fingerprint density at radius 1 is 1.25 bits per heavy atom. The van der Waals surface area contributed by atoms with Gasteiger partial charge in [-0.2, -0.15) is 13.2 Å². The van der Waals surface area contributed by atoms with Gasteiger partial charge < -0.3 is 10.8 Å². The normalized spacial score (nSPS) is 15.9. The number of aliphatic hydroxyl groups is 1. The molecule has 0 radical (unpaired) electrons. The molecule has 0 aliphatic carbocycles. The summed E-state index contributed by atoms with van der Waals surface area (Å²) in [7, 11) is 0. The molecule has 16 heavy (non-hydrogen) atoms. The minimum absolute atomic E-state index is 0.0855. The van der Waals surface area contributed by atoms with Crippen LogP contribution < -0.4 is 5.73 Å². The quantitative estimate of drug-likeness (QED) is 0.840. The molecule has 1 rings (SSSR count). The lowest BCUT2D eigenvalue weighted by Crippen LogP contribution is -2.25. The van der Waals surface area contributed by atoms with Gasteiger partial charge in [-0.05, 0) is 17.7 Å². The molecule has 1 aromatic rings. The summed E-state index contributed by atoms with van der Waals surface area (Å²) in [5.74, 6) is -0.271. The molecule has 0 saturated carbocycles. The fraction of sp³-hybridized carbons (Fsp3) is 0.455. The van der Waals surface area contributed by atoms with Crippen molar-refractivity contribution in [2.75, 3.05) is 6.54 Å². The standard InChI is InChI=1S/C11H14F3NO/c1-7(10(16)6-15)8-2-4-9(5-3-8)11(12,13)14/h2-5,7,10,16H,6,15H2,1H3. The van der Waals surface area contributed by atoms with Crippen LogP contribution in [0.2, 0.25) is 0 Å². The maximum atomic E-state index is 12.3. The number of aliphatic hydroxyl groups excluding tert-OH is 1. The van der Waals surface area contributed by atoms with Crippen LogP contribution in [0.3, 0.4) is 0 Å². The predicted molar refractivity (Wildman–Crippen MR) is 54.9 cm³/mol. The molecule has 0 aromatic heterocycles. The molecular formula is C11H14F3NO. The monoisotopic (exact) mass is 233 g/mol. The third-order valence-electron chi connectivity index (χ3n) is 2.58. The fourth-order valence-electron chi connectivity index (χ4n) is 1.40. The number of hydrogen-bond acceptors (Lipinski definition) is 2. The van der Waals surface area contributed by atoms with Gasteiger partial charge in [0.15, 0.2) is 0 Å². The van der Waals surface area contributed by atoms with Gasteiger partial charge in [-0.1, -0.05) is 19.1 Å². The first-order chi connectivity index (χ1) is 7.36. The highest BCUT2D eigenvalue weighted by Crippen LogP contribution is 2.30. The van der Waals surface area contributed by atoms with E-state index in [1.54, 1.807) is 6.92 Å². The molecule has 0 bridgehead atoms. The summed E-state index contributed by atoms with van der Waals surface area (Å²) in [6, 6.07) is 4.75. The van der Waals surface area contributed by atoms with Crippen molar-refractivity contribution in [2.45, 2.75) is 25.1 Å². The number of hydrogen-bond donors (Lipinski definition) is 2. The second-order valence-corrected chi connectivity index (χ2v) is 3.71. The summed E-state index contributed by atoms with van der Waals surface area (Å²) in [6.45, 7) is 1.81. The smallest absolute Gasteiger partial charge is 0.391 e. The van der Waals surface area contributed by atoms with Crippen molar-refractivity contribution in [3.63, 3.8) is 0 Å². The zero-order valence-corrected chi connectivity index (χ0v) is 8.83. The molecule has 0 fully saturated rings. The number of rotatable bonds is 3. The van der Waals surface area contributed by atoms with E-state index in [0.29, 0.717) is 5.56 Å². The fourth-order valence-corrected chi connectivity index (χ4v) is 1.40. The predicted octanol–water partition coefficient (Wildman–Crippen LogP) is 2.13. The highest BCUT2D eigenvalue weighted by atomic mass is 19.4. The Kier molecular flexibility index (Phi) is 3.93. The first kappa shape index (κ1) is 13.0. The van der Waals surface area contributed by atoms with Gasteiger partial charge in [0.2, 0.25) is 0 Å². The van der Waals surface area contributed by atoms with Gasteiger partial charge in [0.1, 0.15) is 0 Å². The minimum atomic E-state index is -4.33. The van der Waals surface area contributed by atoms with Crippen LogP contribution in [0.15, 0.2) is 24.3 Å². The summed E-state index contributed by atoms with van der Waals surface area (Å²) in [6.07, 6.45) is -5.06. The summed E-state index contributed by atoms with van der Waals surface area (Å²) in [5, 5.41) is 9.46. The Labute approximate surface area is 91.9 Å². The van der Waals surface area contributed by atoms with Crippen LogP contribution in [-0.4, -0.2) is 17.8 Å². The Balaban J connectivity index is 2.87. The van der Waals surface area contributed by atoms with Crippen LogP contribution in [0.25, 0.3) is 0 Å². The van der Waals surface area contributed by atoms with Gasteiger partial charge in [-0.3, -0.25) is 0 Å². The zero-order valence-electron chi connectivity index (χ0n) is 8.83. The molecular weight excluding hydrogens is 219 g/mol. The van der Waals surface area contributed by atoms with Crippen molar-refractivity contribution in [1.29, 1.82) is 0 Å². The summed E-state index contributed by atoms with van der Waals surface area (Å²) in [5.41, 5.74) is 5.23. The van der Waals surface area contributed by atoms with Crippen molar-refractivity contribution < 1.29 is 18.3 Å². The molecule has 0 spiro atoms. The van der Waals surface area contributed by atoms with Crippen molar-refractivity contribution in [3.05, 3.63) is 35.4 Å². The Morgan fingerprint density at radius 2 is 1.75 bits per heavy atom. The first-order valence-corrected chi connectivity index (χ1v) is 4.91. The maximum Gasteiger partial charge on any atom is 0.416 e. The van der Waals surface area contributed by atoms with E-state index in [-0.39, 0.29) is 12.5 Å². The van der Waals surface area contributed by atoms with E-state index < -0.39 is 17.8 Å². The van der Waals surface area contributed by atoms with Crippen molar-refractivity contribution >= 4 is 0 Å². The molecule has 0 aliphatic heterocycles. The van der Waals surface area contributed by atoms with Crippen LogP contribution in [0.5, 0.6) is 0 Å². The number of alkyl halides is 3. The summed E-state index contributed by atoms with van der Waals surface area (Å²) < 4.78 is 36.8. The van der Waals surface area contributed by atoms with Crippen molar-refractivity contribution in [2.24, 2.45) is 5.73 Å². The van der Waals surface area contributed by atoms with Gasteiger partial charge in [0.25, 0.3) is 0 Å². The van der Waals surface area contributed by atoms with E-state index >= 15 is 0 Å². The maximum absolute atomic E-state index is 12.3. The highest BCUT2D eigenvalue weighted by molar-refractivity contribution is 5.27. The molecule has 0 amide bonds. The van der Waals surface area contributed by atoms with E-state index in [9.17, 15) is 18.3 Å². The number of halogens is 3. The topological polar surface area (TPSA) is 46.2 Å². The molecule has 90 valence electrons. The Morgan fingerprint density at radius 3 is 2.12 bits per heavy atom. The minimum Gasteiger partial charge on any atom is -0.391 e. The Bertz CT molecular complexity index is 334. The molecule has 1 aromatic carbocycles. The molecule has 2 nitrogen and oxygen atoms in total. The summed E-state index contributed by atoms with van der Waals surface area (Å²) >= 11 is 0. The van der Waals surface area contributed by atoms with E-state index in [0.717, 1.165) is 12.1 Å². The van der Waals surface area contributed by atoms with Gasteiger partial charge in [-0.15, -0.1) is 0 Å². The van der Waals surface area contributed by atoms with Crippen LogP contribution in [0.1, 0.15) is 24.0 Å². The zero-order chi connectivity index (χ0) is 12.3. The first-order valence-electron chi connectivity index (χ1n) is 4.91. The third-order valence-corrected chi connectivity index (χ3v) is 2.58. The lowest BCUT2D eigenvalue weighted by atomic mass is 9.94. The van der Waals surface area contributed by atoms with Gasteiger partial charge in [-0.25, -0.2) is 0 Å². The molecule has 3 N–H and O–H groups in total. The van der Waals surface area contributed by atoms with E-state index in [4.69, 9.17) is 5.73 Å². The van der Waals surface area contributed by atoms with Crippen LogP contribution in [-0.2, 0) is 6.18 Å².